The number of hydrogen-bond acceptors (Lipinski definition) is 4. The average molecular weight is 248 g/mol. The van der Waals surface area contributed by atoms with Crippen LogP contribution in [0.1, 0.15) is 26.2 Å². The Balaban J connectivity index is 2.23. The molecule has 0 radical (unpaired) electrons. The van der Waals surface area contributed by atoms with Crippen molar-refractivity contribution in [1.29, 1.82) is 0 Å². The molecule has 0 aromatic heterocycles. The Labute approximate surface area is 99.1 Å². The monoisotopic (exact) mass is 248 g/mol. The lowest BCUT2D eigenvalue weighted by molar-refractivity contribution is 0.281. The maximum absolute atomic E-state index is 11.4. The van der Waals surface area contributed by atoms with Gasteiger partial charge >= 0.3 is 0 Å². The second kappa shape index (κ2) is 6.57. The first-order valence-electron chi connectivity index (χ1n) is 6.16. The normalized spacial score (nSPS) is 23.9. The van der Waals surface area contributed by atoms with Gasteiger partial charge in [0.2, 0.25) is 0 Å². The molecule has 0 amide bonds. The van der Waals surface area contributed by atoms with E-state index in [0.29, 0.717) is 24.0 Å². The van der Waals surface area contributed by atoms with E-state index in [1.807, 2.05) is 0 Å². The summed E-state index contributed by atoms with van der Waals surface area (Å²) in [6, 6.07) is 0. The third-order valence-corrected chi connectivity index (χ3v) is 4.94. The lowest BCUT2D eigenvalue weighted by atomic mass is 10.1. The average Bonchev–Trinajstić information content (AvgIpc) is 2.40. The highest BCUT2D eigenvalue weighted by Crippen LogP contribution is 2.08. The van der Waals surface area contributed by atoms with Crippen molar-refractivity contribution >= 4 is 9.84 Å². The summed E-state index contributed by atoms with van der Waals surface area (Å²) >= 11 is 0. The van der Waals surface area contributed by atoms with Gasteiger partial charge in [-0.2, -0.15) is 0 Å². The lowest BCUT2D eigenvalue weighted by Gasteiger charge is -2.19. The molecule has 0 saturated carbocycles. The second-order valence-electron chi connectivity index (χ2n) is 4.83. The van der Waals surface area contributed by atoms with E-state index < -0.39 is 9.84 Å². The fraction of sp³-hybridized carbons (Fsp3) is 1.00. The molecule has 0 spiro atoms. The van der Waals surface area contributed by atoms with Gasteiger partial charge < -0.3 is 10.6 Å². The summed E-state index contributed by atoms with van der Waals surface area (Å²) in [6.45, 7) is 5.55. The molecule has 1 aliphatic heterocycles. The summed E-state index contributed by atoms with van der Waals surface area (Å²) in [7, 11) is -2.76. The Morgan fingerprint density at radius 2 is 2.06 bits per heavy atom. The van der Waals surface area contributed by atoms with Gasteiger partial charge in [0.15, 0.2) is 9.84 Å². The van der Waals surface area contributed by atoms with Crippen molar-refractivity contribution in [3.8, 4) is 0 Å². The van der Waals surface area contributed by atoms with Gasteiger partial charge in [0, 0.05) is 6.54 Å². The van der Waals surface area contributed by atoms with E-state index in [1.165, 1.54) is 0 Å². The van der Waals surface area contributed by atoms with E-state index in [9.17, 15) is 8.42 Å². The quantitative estimate of drug-likeness (QED) is 0.769. The van der Waals surface area contributed by atoms with Crippen molar-refractivity contribution in [3.05, 3.63) is 0 Å². The van der Waals surface area contributed by atoms with Crippen LogP contribution in [0.25, 0.3) is 0 Å². The van der Waals surface area contributed by atoms with E-state index in [1.54, 1.807) is 0 Å². The highest BCUT2D eigenvalue weighted by molar-refractivity contribution is 7.91. The summed E-state index contributed by atoms with van der Waals surface area (Å²) in [4.78, 5) is 2.27. The lowest BCUT2D eigenvalue weighted by Crippen LogP contribution is -2.28. The van der Waals surface area contributed by atoms with E-state index in [2.05, 4.69) is 11.8 Å². The van der Waals surface area contributed by atoms with Gasteiger partial charge in [0.1, 0.15) is 0 Å². The first kappa shape index (κ1) is 13.9. The van der Waals surface area contributed by atoms with Crippen LogP contribution in [-0.4, -0.2) is 51.0 Å². The van der Waals surface area contributed by atoms with Crippen LogP contribution in [0, 0.1) is 5.92 Å². The van der Waals surface area contributed by atoms with Crippen LogP contribution in [0.5, 0.6) is 0 Å². The van der Waals surface area contributed by atoms with E-state index >= 15 is 0 Å². The summed E-state index contributed by atoms with van der Waals surface area (Å²) < 4.78 is 22.8. The van der Waals surface area contributed by atoms with Gasteiger partial charge in [-0.3, -0.25) is 0 Å². The molecule has 1 fully saturated rings. The third-order valence-electron chi connectivity index (χ3n) is 3.22. The molecule has 1 unspecified atom stereocenters. The van der Waals surface area contributed by atoms with Crippen molar-refractivity contribution < 1.29 is 8.42 Å². The van der Waals surface area contributed by atoms with Gasteiger partial charge in [-0.15, -0.1) is 0 Å². The zero-order valence-corrected chi connectivity index (χ0v) is 11.0. The number of rotatable bonds is 5. The number of hydrogen-bond donors (Lipinski definition) is 1. The Morgan fingerprint density at radius 3 is 2.75 bits per heavy atom. The molecule has 2 N–H and O–H groups in total. The first-order valence-corrected chi connectivity index (χ1v) is 7.98. The second-order valence-corrected chi connectivity index (χ2v) is 7.13. The molecule has 16 heavy (non-hydrogen) atoms. The van der Waals surface area contributed by atoms with Crippen LogP contribution >= 0.6 is 0 Å². The molecule has 1 heterocycles. The van der Waals surface area contributed by atoms with Gasteiger partial charge in [-0.1, -0.05) is 6.92 Å². The van der Waals surface area contributed by atoms with Gasteiger partial charge in [-0.05, 0) is 44.8 Å². The van der Waals surface area contributed by atoms with Gasteiger partial charge in [0.25, 0.3) is 0 Å². The maximum Gasteiger partial charge on any atom is 0.151 e. The zero-order chi connectivity index (χ0) is 12.0. The van der Waals surface area contributed by atoms with Crippen LogP contribution in [0.2, 0.25) is 0 Å². The minimum Gasteiger partial charge on any atom is -0.330 e. The van der Waals surface area contributed by atoms with Crippen LogP contribution in [-0.2, 0) is 9.84 Å². The largest absolute Gasteiger partial charge is 0.330 e. The highest BCUT2D eigenvalue weighted by atomic mass is 32.2. The topological polar surface area (TPSA) is 63.4 Å². The van der Waals surface area contributed by atoms with Crippen LogP contribution in [0.15, 0.2) is 0 Å². The minimum absolute atomic E-state index is 0.333. The van der Waals surface area contributed by atoms with Crippen LogP contribution < -0.4 is 5.73 Å². The molecular formula is C11H24N2O2S. The molecule has 1 atom stereocenters. The van der Waals surface area contributed by atoms with Crippen molar-refractivity contribution in [2.75, 3.05) is 37.7 Å². The van der Waals surface area contributed by atoms with Crippen LogP contribution in [0.3, 0.4) is 0 Å². The molecule has 0 bridgehead atoms. The Hall–Kier alpha value is -0.130. The Morgan fingerprint density at radius 1 is 1.31 bits per heavy atom. The fourth-order valence-electron chi connectivity index (χ4n) is 1.99. The zero-order valence-electron chi connectivity index (χ0n) is 10.2. The van der Waals surface area contributed by atoms with Crippen molar-refractivity contribution in [3.63, 3.8) is 0 Å². The molecule has 0 aliphatic carbocycles. The van der Waals surface area contributed by atoms with Gasteiger partial charge in [-0.25, -0.2) is 8.42 Å². The number of sulfone groups is 1. The molecule has 5 heteroatoms. The Kier molecular flexibility index (Phi) is 5.72. The third kappa shape index (κ3) is 5.27. The minimum atomic E-state index is -2.76. The van der Waals surface area contributed by atoms with Crippen LogP contribution in [0.4, 0.5) is 0 Å². The SMILES string of the molecule is CC(CN)CCCN1CCCS(=O)(=O)CC1. The molecule has 1 saturated heterocycles. The predicted octanol–water partition coefficient (Wildman–Crippen LogP) is 0.482. The predicted molar refractivity (Wildman–Crippen MR) is 67.2 cm³/mol. The molecule has 0 aromatic rings. The van der Waals surface area contributed by atoms with Gasteiger partial charge in [0.05, 0.1) is 11.5 Å². The summed E-state index contributed by atoms with van der Waals surface area (Å²) in [5.41, 5.74) is 5.56. The summed E-state index contributed by atoms with van der Waals surface area (Å²) in [5, 5.41) is 0. The maximum atomic E-state index is 11.4. The number of nitrogens with zero attached hydrogens (tertiary/aromatic N) is 1. The van der Waals surface area contributed by atoms with E-state index in [-0.39, 0.29) is 0 Å². The number of nitrogens with two attached hydrogens (primary N) is 1. The first-order chi connectivity index (χ1) is 7.53. The van der Waals surface area contributed by atoms with E-state index in [0.717, 1.165) is 38.9 Å². The smallest absolute Gasteiger partial charge is 0.151 e. The molecule has 0 aromatic carbocycles. The molecule has 1 aliphatic rings. The summed E-state index contributed by atoms with van der Waals surface area (Å²) in [6.07, 6.45) is 3.05. The molecule has 1 rings (SSSR count). The van der Waals surface area contributed by atoms with Crippen molar-refractivity contribution in [2.45, 2.75) is 26.2 Å². The Bertz CT molecular complexity index is 290. The highest BCUT2D eigenvalue weighted by Gasteiger charge is 2.18. The van der Waals surface area contributed by atoms with Crippen molar-refractivity contribution in [1.82, 2.24) is 4.90 Å². The van der Waals surface area contributed by atoms with E-state index in [4.69, 9.17) is 5.73 Å². The summed E-state index contributed by atoms with van der Waals surface area (Å²) in [5.74, 6) is 1.28. The molecular weight excluding hydrogens is 224 g/mol. The van der Waals surface area contributed by atoms with Crippen molar-refractivity contribution in [2.24, 2.45) is 11.7 Å². The molecule has 4 nitrogen and oxygen atoms in total. The standard InChI is InChI=1S/C11H24N2O2S/c1-11(10-12)4-2-5-13-6-3-8-16(14,15)9-7-13/h11H,2-10,12H2,1H3. The fourth-order valence-corrected chi connectivity index (χ4v) is 3.30. The molecule has 96 valence electrons.